The molecule has 0 atom stereocenters. The Morgan fingerprint density at radius 3 is 1.87 bits per heavy atom. The maximum Gasteiger partial charge on any atom is 0.0431 e. The van der Waals surface area contributed by atoms with E-state index in [0.29, 0.717) is 6.61 Å². The molecule has 15 heavy (non-hydrogen) atoms. The lowest BCUT2D eigenvalue weighted by atomic mass is 10.1. The van der Waals surface area contributed by atoms with Crippen molar-refractivity contribution in [2.45, 2.75) is 77.6 Å². The van der Waals surface area contributed by atoms with Gasteiger partial charge in [-0.15, -0.1) is 0 Å². The van der Waals surface area contributed by atoms with Crippen molar-refractivity contribution < 1.29 is 5.11 Å². The standard InChI is InChI=1S/C14H29O/c1-2-3-4-5-6-7-8-9-10-11-12-13-14-15/h6,15H,2-5,7-14H2,1H3. The molecular weight excluding hydrogens is 184 g/mol. The summed E-state index contributed by atoms with van der Waals surface area (Å²) in [6.45, 7) is 2.62. The van der Waals surface area contributed by atoms with Gasteiger partial charge in [-0.25, -0.2) is 0 Å². The Bertz CT molecular complexity index is 89.5. The van der Waals surface area contributed by atoms with Gasteiger partial charge in [0.1, 0.15) is 0 Å². The van der Waals surface area contributed by atoms with Crippen LogP contribution in [0.15, 0.2) is 0 Å². The lowest BCUT2D eigenvalue weighted by Gasteiger charge is -2.01. The van der Waals surface area contributed by atoms with E-state index in [0.717, 1.165) is 6.42 Å². The number of aliphatic hydroxyl groups is 1. The van der Waals surface area contributed by atoms with E-state index in [2.05, 4.69) is 13.3 Å². The van der Waals surface area contributed by atoms with Crippen LogP contribution in [0, 0.1) is 6.42 Å². The Morgan fingerprint density at radius 1 is 0.733 bits per heavy atom. The van der Waals surface area contributed by atoms with E-state index in [1.807, 2.05) is 0 Å². The first-order valence-corrected chi connectivity index (χ1v) is 6.84. The first-order chi connectivity index (χ1) is 7.41. The fraction of sp³-hybridized carbons (Fsp3) is 0.929. The summed E-state index contributed by atoms with van der Waals surface area (Å²) in [6.07, 6.45) is 16.8. The second kappa shape index (κ2) is 14.0. The third kappa shape index (κ3) is 14.0. The largest absolute Gasteiger partial charge is 0.396 e. The third-order valence-corrected chi connectivity index (χ3v) is 2.83. The van der Waals surface area contributed by atoms with Crippen LogP contribution in [0.25, 0.3) is 0 Å². The van der Waals surface area contributed by atoms with Gasteiger partial charge in [0.15, 0.2) is 0 Å². The van der Waals surface area contributed by atoms with Gasteiger partial charge >= 0.3 is 0 Å². The van der Waals surface area contributed by atoms with Gasteiger partial charge in [-0.3, -0.25) is 0 Å². The zero-order valence-corrected chi connectivity index (χ0v) is 10.5. The first-order valence-electron chi connectivity index (χ1n) is 6.84. The Kier molecular flexibility index (Phi) is 13.9. The van der Waals surface area contributed by atoms with E-state index in [4.69, 9.17) is 5.11 Å². The number of rotatable bonds is 12. The first kappa shape index (κ1) is 15.0. The summed E-state index contributed by atoms with van der Waals surface area (Å²) in [5.74, 6) is 0. The van der Waals surface area contributed by atoms with Crippen LogP contribution in [0.2, 0.25) is 0 Å². The van der Waals surface area contributed by atoms with Gasteiger partial charge in [-0.1, -0.05) is 71.1 Å². The highest BCUT2D eigenvalue weighted by Crippen LogP contribution is 2.10. The van der Waals surface area contributed by atoms with Crippen LogP contribution in [-0.2, 0) is 0 Å². The zero-order chi connectivity index (χ0) is 11.2. The average Bonchev–Trinajstić information content (AvgIpc) is 2.26. The minimum absolute atomic E-state index is 0.366. The Labute approximate surface area is 96.3 Å². The quantitative estimate of drug-likeness (QED) is 0.473. The lowest BCUT2D eigenvalue weighted by Crippen LogP contribution is -1.85. The van der Waals surface area contributed by atoms with Gasteiger partial charge in [0.2, 0.25) is 0 Å². The molecular formula is C14H29O. The number of unbranched alkanes of at least 4 members (excludes halogenated alkanes) is 11. The number of hydrogen-bond acceptors (Lipinski definition) is 1. The average molecular weight is 213 g/mol. The normalized spacial score (nSPS) is 10.8. The van der Waals surface area contributed by atoms with Crippen molar-refractivity contribution in [3.8, 4) is 0 Å². The summed E-state index contributed by atoms with van der Waals surface area (Å²) < 4.78 is 0. The van der Waals surface area contributed by atoms with E-state index >= 15 is 0 Å². The fourth-order valence-corrected chi connectivity index (χ4v) is 1.79. The van der Waals surface area contributed by atoms with Crippen molar-refractivity contribution >= 4 is 0 Å². The molecule has 0 aromatic rings. The smallest absolute Gasteiger partial charge is 0.0431 e. The minimum atomic E-state index is 0.366. The molecule has 0 saturated carbocycles. The fourth-order valence-electron chi connectivity index (χ4n) is 1.79. The van der Waals surface area contributed by atoms with Gasteiger partial charge in [-0.05, 0) is 12.8 Å². The maximum atomic E-state index is 8.60. The summed E-state index contributed by atoms with van der Waals surface area (Å²) in [5.41, 5.74) is 0. The van der Waals surface area contributed by atoms with E-state index in [9.17, 15) is 0 Å². The molecule has 0 aliphatic rings. The second-order valence-electron chi connectivity index (χ2n) is 4.42. The Balaban J connectivity index is 2.81. The van der Waals surface area contributed by atoms with Crippen LogP contribution in [0.1, 0.15) is 77.6 Å². The zero-order valence-electron chi connectivity index (χ0n) is 10.5. The summed E-state index contributed by atoms with van der Waals surface area (Å²) in [4.78, 5) is 0. The topological polar surface area (TPSA) is 20.2 Å². The molecule has 1 heteroatoms. The van der Waals surface area contributed by atoms with Crippen LogP contribution < -0.4 is 0 Å². The second-order valence-corrected chi connectivity index (χ2v) is 4.42. The molecule has 1 N–H and O–H groups in total. The van der Waals surface area contributed by atoms with Crippen LogP contribution in [0.4, 0.5) is 0 Å². The molecule has 0 spiro atoms. The molecule has 0 bridgehead atoms. The van der Waals surface area contributed by atoms with Gasteiger partial charge in [-0.2, -0.15) is 0 Å². The van der Waals surface area contributed by atoms with Crippen LogP contribution >= 0.6 is 0 Å². The summed E-state index contributed by atoms with van der Waals surface area (Å²) in [6, 6.07) is 0. The van der Waals surface area contributed by atoms with E-state index < -0.39 is 0 Å². The van der Waals surface area contributed by atoms with Crippen LogP contribution in [0.5, 0.6) is 0 Å². The highest BCUT2D eigenvalue weighted by Gasteiger charge is 1.92. The van der Waals surface area contributed by atoms with Crippen molar-refractivity contribution in [1.29, 1.82) is 0 Å². The molecule has 1 nitrogen and oxygen atoms in total. The molecule has 0 amide bonds. The molecule has 0 rings (SSSR count). The molecule has 0 saturated heterocycles. The SMILES string of the molecule is CCCCC[CH]CCCCCCCCO. The van der Waals surface area contributed by atoms with Crippen molar-refractivity contribution in [3.63, 3.8) is 0 Å². The summed E-state index contributed by atoms with van der Waals surface area (Å²) in [7, 11) is 0. The van der Waals surface area contributed by atoms with Crippen molar-refractivity contribution in [2.75, 3.05) is 6.61 Å². The molecule has 91 valence electrons. The minimum Gasteiger partial charge on any atom is -0.396 e. The number of hydrogen-bond donors (Lipinski definition) is 1. The van der Waals surface area contributed by atoms with Gasteiger partial charge in [0, 0.05) is 6.61 Å². The monoisotopic (exact) mass is 213 g/mol. The highest BCUT2D eigenvalue weighted by molar-refractivity contribution is 4.64. The molecule has 0 aromatic heterocycles. The summed E-state index contributed by atoms with van der Waals surface area (Å²) >= 11 is 0. The molecule has 0 aromatic carbocycles. The van der Waals surface area contributed by atoms with E-state index in [1.165, 1.54) is 64.2 Å². The van der Waals surface area contributed by atoms with Crippen LogP contribution in [-0.4, -0.2) is 11.7 Å². The van der Waals surface area contributed by atoms with Crippen molar-refractivity contribution in [3.05, 3.63) is 6.42 Å². The molecule has 0 aliphatic carbocycles. The van der Waals surface area contributed by atoms with E-state index in [1.54, 1.807) is 0 Å². The molecule has 1 radical (unpaired) electrons. The molecule has 0 unspecified atom stereocenters. The van der Waals surface area contributed by atoms with Gasteiger partial charge in [0.05, 0.1) is 0 Å². The third-order valence-electron chi connectivity index (χ3n) is 2.83. The van der Waals surface area contributed by atoms with Gasteiger partial charge in [0.25, 0.3) is 0 Å². The van der Waals surface area contributed by atoms with E-state index in [-0.39, 0.29) is 0 Å². The number of aliphatic hydroxyl groups excluding tert-OH is 1. The van der Waals surface area contributed by atoms with Gasteiger partial charge < -0.3 is 5.11 Å². The molecule has 0 heterocycles. The predicted molar refractivity (Wildman–Crippen MR) is 67.8 cm³/mol. The van der Waals surface area contributed by atoms with Crippen molar-refractivity contribution in [2.24, 2.45) is 0 Å². The van der Waals surface area contributed by atoms with Crippen molar-refractivity contribution in [1.82, 2.24) is 0 Å². The highest BCUT2D eigenvalue weighted by atomic mass is 16.2. The molecule has 0 aliphatic heterocycles. The lowest BCUT2D eigenvalue weighted by molar-refractivity contribution is 0.282. The van der Waals surface area contributed by atoms with Crippen LogP contribution in [0.3, 0.4) is 0 Å². The predicted octanol–water partition coefficient (Wildman–Crippen LogP) is 4.49. The Morgan fingerprint density at radius 2 is 1.27 bits per heavy atom. The summed E-state index contributed by atoms with van der Waals surface area (Å²) in [5, 5.41) is 8.60. The Hall–Kier alpha value is -0.0400. The molecule has 0 fully saturated rings. The maximum absolute atomic E-state index is 8.60.